The lowest BCUT2D eigenvalue weighted by Gasteiger charge is -2.43. The number of carbonyl (C=O) groups excluding carboxylic acids is 1. The molecule has 31 heavy (non-hydrogen) atoms. The molecule has 3 aromatic rings. The summed E-state index contributed by atoms with van der Waals surface area (Å²) in [5.74, 6) is 1.15. The van der Waals surface area contributed by atoms with E-state index in [1.807, 2.05) is 65.6 Å². The second-order valence-corrected chi connectivity index (χ2v) is 8.40. The molecular weight excluding hydrogens is 410 g/mol. The van der Waals surface area contributed by atoms with Gasteiger partial charge in [0.25, 0.3) is 0 Å². The number of anilines is 2. The van der Waals surface area contributed by atoms with Crippen molar-refractivity contribution in [2.24, 2.45) is 5.92 Å². The van der Waals surface area contributed by atoms with E-state index < -0.39 is 0 Å². The number of carbonyl (C=O) groups is 1. The van der Waals surface area contributed by atoms with Gasteiger partial charge in [-0.1, -0.05) is 54.1 Å². The smallest absolute Gasteiger partial charge is 0.229 e. The third-order valence-corrected chi connectivity index (χ3v) is 6.38. The highest BCUT2D eigenvalue weighted by atomic mass is 35.5. The molecule has 1 aromatic heterocycles. The third kappa shape index (κ3) is 4.08. The summed E-state index contributed by atoms with van der Waals surface area (Å²) in [5.41, 5.74) is 3.01. The Morgan fingerprint density at radius 2 is 1.58 bits per heavy atom. The minimum atomic E-state index is 0.0296. The fourth-order valence-corrected chi connectivity index (χ4v) is 4.50. The molecule has 3 heterocycles. The van der Waals surface area contributed by atoms with Gasteiger partial charge >= 0.3 is 0 Å². The predicted molar refractivity (Wildman–Crippen MR) is 123 cm³/mol. The van der Waals surface area contributed by atoms with Gasteiger partial charge in [0.2, 0.25) is 5.91 Å². The van der Waals surface area contributed by atoms with E-state index in [-0.39, 0.29) is 11.8 Å². The van der Waals surface area contributed by atoms with Gasteiger partial charge in [-0.2, -0.15) is 0 Å². The molecule has 2 aliphatic heterocycles. The Kier molecular flexibility index (Phi) is 5.47. The van der Waals surface area contributed by atoms with E-state index in [9.17, 15) is 4.79 Å². The number of nitrogens with zero attached hydrogens (tertiary/aromatic N) is 5. The molecule has 6 nitrogen and oxygen atoms in total. The number of piperazine rings is 1. The van der Waals surface area contributed by atoms with Crippen molar-refractivity contribution >= 4 is 29.0 Å². The van der Waals surface area contributed by atoms with Crippen molar-refractivity contribution in [2.45, 2.75) is 0 Å². The summed E-state index contributed by atoms with van der Waals surface area (Å²) >= 11 is 6.32. The van der Waals surface area contributed by atoms with Gasteiger partial charge in [0.05, 0.1) is 22.3 Å². The van der Waals surface area contributed by atoms with Crippen molar-refractivity contribution in [3.63, 3.8) is 0 Å². The van der Waals surface area contributed by atoms with E-state index >= 15 is 0 Å². The second-order valence-electron chi connectivity index (χ2n) is 7.99. The molecule has 0 aliphatic carbocycles. The number of aromatic nitrogens is 2. The molecule has 0 unspecified atom stereocenters. The minimum Gasteiger partial charge on any atom is -0.367 e. The number of benzene rings is 2. The van der Waals surface area contributed by atoms with E-state index in [1.54, 1.807) is 6.33 Å². The molecule has 0 radical (unpaired) electrons. The maximum absolute atomic E-state index is 13.0. The van der Waals surface area contributed by atoms with Crippen LogP contribution in [0.25, 0.3) is 11.3 Å². The third-order valence-electron chi connectivity index (χ3n) is 6.06. The summed E-state index contributed by atoms with van der Waals surface area (Å²) in [5, 5.41) is 0.761. The van der Waals surface area contributed by atoms with Gasteiger partial charge in [-0.05, 0) is 12.1 Å². The predicted octanol–water partition coefficient (Wildman–Crippen LogP) is 3.58. The fourth-order valence-electron chi connectivity index (χ4n) is 4.24. The first-order valence-corrected chi connectivity index (χ1v) is 11.0. The molecule has 1 amide bonds. The molecular formula is C24H24ClN5O. The lowest BCUT2D eigenvalue weighted by Crippen LogP contribution is -2.58. The normalized spacial score (nSPS) is 16.9. The van der Waals surface area contributed by atoms with Crippen LogP contribution in [-0.2, 0) is 4.79 Å². The van der Waals surface area contributed by atoms with Crippen LogP contribution >= 0.6 is 11.6 Å². The van der Waals surface area contributed by atoms with Gasteiger partial charge in [-0.3, -0.25) is 4.79 Å². The van der Waals surface area contributed by atoms with Gasteiger partial charge in [-0.25, -0.2) is 9.97 Å². The Morgan fingerprint density at radius 3 is 2.32 bits per heavy atom. The van der Waals surface area contributed by atoms with Crippen molar-refractivity contribution in [1.82, 2.24) is 14.9 Å². The molecule has 158 valence electrons. The van der Waals surface area contributed by atoms with Crippen LogP contribution in [0.1, 0.15) is 0 Å². The van der Waals surface area contributed by atoms with Crippen LogP contribution in [0.5, 0.6) is 0 Å². The molecule has 2 saturated heterocycles. The van der Waals surface area contributed by atoms with E-state index in [1.165, 1.54) is 0 Å². The molecule has 7 heteroatoms. The molecule has 0 atom stereocenters. The Morgan fingerprint density at radius 1 is 0.871 bits per heavy atom. The molecule has 0 saturated carbocycles. The summed E-state index contributed by atoms with van der Waals surface area (Å²) in [4.78, 5) is 28.2. The Labute approximate surface area is 187 Å². The summed E-state index contributed by atoms with van der Waals surface area (Å²) < 4.78 is 0. The maximum Gasteiger partial charge on any atom is 0.229 e. The second kappa shape index (κ2) is 8.55. The highest BCUT2D eigenvalue weighted by Gasteiger charge is 2.37. The number of hydrogen-bond acceptors (Lipinski definition) is 5. The topological polar surface area (TPSA) is 52.6 Å². The average molecular weight is 434 g/mol. The van der Waals surface area contributed by atoms with Crippen molar-refractivity contribution in [3.8, 4) is 11.3 Å². The van der Waals surface area contributed by atoms with Crippen molar-refractivity contribution < 1.29 is 4.79 Å². The fraction of sp³-hybridized carbons (Fsp3) is 0.292. The van der Waals surface area contributed by atoms with Crippen LogP contribution in [0.3, 0.4) is 0 Å². The number of rotatable bonds is 4. The van der Waals surface area contributed by atoms with Crippen molar-refractivity contribution in [2.75, 3.05) is 49.1 Å². The van der Waals surface area contributed by atoms with E-state index in [2.05, 4.69) is 19.8 Å². The van der Waals surface area contributed by atoms with Gasteiger partial charge < -0.3 is 14.7 Å². The minimum absolute atomic E-state index is 0.0296. The number of hydrogen-bond donors (Lipinski definition) is 0. The van der Waals surface area contributed by atoms with Crippen LogP contribution in [0.4, 0.5) is 11.5 Å². The standard InChI is InChI=1S/C24H24ClN5O/c25-20-8-4-5-9-22(20)28-10-12-29(13-11-28)24(31)19-15-30(16-19)23-14-21(26-17-27-23)18-6-2-1-3-7-18/h1-9,14,17,19H,10-13,15-16H2. The monoisotopic (exact) mass is 433 g/mol. The first-order chi connectivity index (χ1) is 15.2. The van der Waals surface area contributed by atoms with Crippen LogP contribution in [0, 0.1) is 5.92 Å². The lowest BCUT2D eigenvalue weighted by molar-refractivity contribution is -0.136. The number of amides is 1. The zero-order chi connectivity index (χ0) is 21.2. The molecule has 2 fully saturated rings. The molecule has 2 aromatic carbocycles. The highest BCUT2D eigenvalue weighted by molar-refractivity contribution is 6.33. The molecule has 0 bridgehead atoms. The van der Waals surface area contributed by atoms with E-state index in [4.69, 9.17) is 11.6 Å². The first kappa shape index (κ1) is 19.8. The molecule has 0 N–H and O–H groups in total. The quantitative estimate of drug-likeness (QED) is 0.629. The average Bonchev–Trinajstić information content (AvgIpc) is 2.79. The summed E-state index contributed by atoms with van der Waals surface area (Å²) in [6, 6.07) is 20.0. The maximum atomic E-state index is 13.0. The van der Waals surface area contributed by atoms with Crippen LogP contribution < -0.4 is 9.80 Å². The largest absolute Gasteiger partial charge is 0.367 e. The van der Waals surface area contributed by atoms with Gasteiger partial charge in [0, 0.05) is 50.9 Å². The summed E-state index contributed by atoms with van der Waals surface area (Å²) in [6.45, 7) is 4.47. The van der Waals surface area contributed by atoms with Crippen LogP contribution in [0.2, 0.25) is 5.02 Å². The number of para-hydroxylation sites is 1. The van der Waals surface area contributed by atoms with Crippen molar-refractivity contribution in [1.29, 1.82) is 0 Å². The van der Waals surface area contributed by atoms with Gasteiger partial charge in [-0.15, -0.1) is 0 Å². The Hall–Kier alpha value is -3.12. The zero-order valence-corrected chi connectivity index (χ0v) is 17.9. The van der Waals surface area contributed by atoms with Gasteiger partial charge in [0.15, 0.2) is 0 Å². The zero-order valence-electron chi connectivity index (χ0n) is 17.2. The molecule has 2 aliphatic rings. The number of halogens is 1. The van der Waals surface area contributed by atoms with Gasteiger partial charge in [0.1, 0.15) is 12.1 Å². The van der Waals surface area contributed by atoms with Crippen LogP contribution in [0.15, 0.2) is 67.0 Å². The first-order valence-electron chi connectivity index (χ1n) is 10.6. The highest BCUT2D eigenvalue weighted by Crippen LogP contribution is 2.29. The lowest BCUT2D eigenvalue weighted by atomic mass is 9.97. The Bertz CT molecular complexity index is 1060. The van der Waals surface area contributed by atoms with E-state index in [0.717, 1.165) is 54.0 Å². The summed E-state index contributed by atoms with van der Waals surface area (Å²) in [6.07, 6.45) is 1.60. The summed E-state index contributed by atoms with van der Waals surface area (Å²) in [7, 11) is 0. The van der Waals surface area contributed by atoms with Crippen LogP contribution in [-0.4, -0.2) is 60.0 Å². The van der Waals surface area contributed by atoms with Crippen molar-refractivity contribution in [3.05, 3.63) is 72.0 Å². The van der Waals surface area contributed by atoms with E-state index in [0.29, 0.717) is 13.1 Å². The Balaban J connectivity index is 1.17. The molecule has 5 rings (SSSR count). The SMILES string of the molecule is O=C(C1CN(c2cc(-c3ccccc3)ncn2)C1)N1CCN(c2ccccc2Cl)CC1. The molecule has 0 spiro atoms.